The number of aromatic nitrogens is 2. The van der Waals surface area contributed by atoms with Gasteiger partial charge in [0.05, 0.1) is 11.4 Å². The van der Waals surface area contributed by atoms with Crippen molar-refractivity contribution >= 4 is 0 Å². The van der Waals surface area contributed by atoms with E-state index in [0.29, 0.717) is 0 Å². The van der Waals surface area contributed by atoms with Crippen LogP contribution in [-0.2, 0) is 5.41 Å². The number of rotatable bonds is 5. The highest BCUT2D eigenvalue weighted by molar-refractivity contribution is 5.88. The van der Waals surface area contributed by atoms with Gasteiger partial charge in [0.1, 0.15) is 0 Å². The molecule has 2 aliphatic rings. The summed E-state index contributed by atoms with van der Waals surface area (Å²) in [6.07, 6.45) is 5.02. The lowest BCUT2D eigenvalue weighted by Crippen LogP contribution is -2.20. The fourth-order valence-corrected chi connectivity index (χ4v) is 8.01. The fraction of sp³-hybridized carbons (Fsp3) is 0.111. The van der Waals surface area contributed by atoms with Crippen molar-refractivity contribution in [2.24, 2.45) is 0 Å². The second-order valence-corrected chi connectivity index (χ2v) is 12.9. The summed E-state index contributed by atoms with van der Waals surface area (Å²) in [5, 5.41) is 0. The molecule has 1 aromatic heterocycles. The third-order valence-electron chi connectivity index (χ3n) is 10.3. The van der Waals surface area contributed by atoms with Gasteiger partial charge in [-0.05, 0) is 69.5 Å². The summed E-state index contributed by atoms with van der Waals surface area (Å²) in [7, 11) is 0. The molecule has 1 spiro atoms. The lowest BCUT2D eigenvalue weighted by Gasteiger charge is -2.27. The molecule has 1 heterocycles. The Bertz CT molecular complexity index is 2230. The van der Waals surface area contributed by atoms with E-state index in [9.17, 15) is 0 Å². The Labute approximate surface area is 276 Å². The van der Waals surface area contributed by atoms with Crippen LogP contribution < -0.4 is 0 Å². The molecule has 0 atom stereocenters. The zero-order valence-corrected chi connectivity index (χ0v) is 26.2. The molecule has 9 rings (SSSR count). The van der Waals surface area contributed by atoms with E-state index in [-0.39, 0.29) is 5.41 Å². The van der Waals surface area contributed by atoms with Gasteiger partial charge in [0.15, 0.2) is 5.82 Å². The molecule has 7 aromatic rings. The van der Waals surface area contributed by atoms with Crippen LogP contribution >= 0.6 is 0 Å². The zero-order chi connectivity index (χ0) is 31.2. The largest absolute Gasteiger partial charge is 0.228 e. The summed E-state index contributed by atoms with van der Waals surface area (Å²) in [4.78, 5) is 10.3. The molecule has 0 saturated heterocycles. The van der Waals surface area contributed by atoms with Gasteiger partial charge in [0.2, 0.25) is 0 Å². The third kappa shape index (κ3) is 4.72. The monoisotopic (exact) mass is 602 g/mol. The smallest absolute Gasteiger partial charge is 0.160 e. The first-order chi connectivity index (χ1) is 23.3. The SMILES string of the molecule is c1ccc(-c2ccc(-c3cc(-c4ccccc4-c4ccc5c(c4)C4(CCCC4)c4ccccc4-5)nc(-c4ccccc4)n3)cc2)cc1. The standard InChI is InChI=1S/C45H34N2/c1-3-13-31(14-4-1)32-21-23-33(24-22-32)42-30-43(47-44(46-42)34-15-5-2-6-16-34)39-19-8-7-17-36(39)35-25-26-38-37-18-9-10-20-40(37)45(41(38)29-35)27-11-12-28-45/h1-10,13-26,29-30H,11-12,27-28H2. The molecule has 0 aliphatic heterocycles. The maximum absolute atomic E-state index is 5.22. The Morgan fingerprint density at radius 1 is 0.362 bits per heavy atom. The highest BCUT2D eigenvalue weighted by Gasteiger charge is 2.44. The minimum atomic E-state index is 0.130. The average molecular weight is 603 g/mol. The first kappa shape index (κ1) is 27.7. The van der Waals surface area contributed by atoms with Crippen LogP contribution in [-0.4, -0.2) is 9.97 Å². The summed E-state index contributed by atoms with van der Waals surface area (Å²) >= 11 is 0. The molecule has 2 heteroatoms. The van der Waals surface area contributed by atoms with Crippen molar-refractivity contribution in [1.82, 2.24) is 9.97 Å². The van der Waals surface area contributed by atoms with Gasteiger partial charge in [-0.25, -0.2) is 9.97 Å². The molecular formula is C45H34N2. The van der Waals surface area contributed by atoms with Crippen molar-refractivity contribution in [3.05, 3.63) is 169 Å². The second kappa shape index (κ2) is 11.3. The Balaban J connectivity index is 1.18. The molecule has 2 nitrogen and oxygen atoms in total. The molecular weight excluding hydrogens is 569 g/mol. The summed E-state index contributed by atoms with van der Waals surface area (Å²) in [5.41, 5.74) is 15.8. The summed E-state index contributed by atoms with van der Waals surface area (Å²) in [5.74, 6) is 0.731. The maximum Gasteiger partial charge on any atom is 0.160 e. The van der Waals surface area contributed by atoms with Crippen molar-refractivity contribution in [3.63, 3.8) is 0 Å². The summed E-state index contributed by atoms with van der Waals surface area (Å²) in [6.45, 7) is 0. The van der Waals surface area contributed by atoms with Crippen molar-refractivity contribution in [2.45, 2.75) is 31.1 Å². The van der Waals surface area contributed by atoms with Gasteiger partial charge in [-0.3, -0.25) is 0 Å². The Hall–Kier alpha value is -5.60. The van der Waals surface area contributed by atoms with E-state index in [1.165, 1.54) is 70.2 Å². The molecule has 0 bridgehead atoms. The minimum Gasteiger partial charge on any atom is -0.228 e. The van der Waals surface area contributed by atoms with Gasteiger partial charge in [0, 0.05) is 22.1 Å². The fourth-order valence-electron chi connectivity index (χ4n) is 8.01. The minimum absolute atomic E-state index is 0.130. The zero-order valence-electron chi connectivity index (χ0n) is 26.2. The number of benzene rings is 6. The van der Waals surface area contributed by atoms with Crippen LogP contribution in [0.15, 0.2) is 158 Å². The van der Waals surface area contributed by atoms with E-state index < -0.39 is 0 Å². The first-order valence-electron chi connectivity index (χ1n) is 16.7. The van der Waals surface area contributed by atoms with Crippen LogP contribution in [0.4, 0.5) is 0 Å². The van der Waals surface area contributed by atoms with E-state index in [1.807, 2.05) is 6.07 Å². The van der Waals surface area contributed by atoms with Crippen LogP contribution in [0.25, 0.3) is 67.3 Å². The van der Waals surface area contributed by atoms with E-state index in [4.69, 9.17) is 9.97 Å². The molecule has 0 N–H and O–H groups in total. The molecule has 224 valence electrons. The van der Waals surface area contributed by atoms with Crippen molar-refractivity contribution in [1.29, 1.82) is 0 Å². The number of fused-ring (bicyclic) bond motifs is 5. The predicted octanol–water partition coefficient (Wildman–Crippen LogP) is 11.7. The summed E-state index contributed by atoms with van der Waals surface area (Å²) < 4.78 is 0. The molecule has 2 aliphatic carbocycles. The molecule has 6 aromatic carbocycles. The van der Waals surface area contributed by atoms with E-state index in [2.05, 4.69) is 152 Å². The van der Waals surface area contributed by atoms with Crippen LogP contribution in [0.3, 0.4) is 0 Å². The highest BCUT2D eigenvalue weighted by atomic mass is 14.9. The van der Waals surface area contributed by atoms with Crippen LogP contribution in [0, 0.1) is 0 Å². The molecule has 0 amide bonds. The molecule has 1 fully saturated rings. The Morgan fingerprint density at radius 3 is 1.64 bits per heavy atom. The van der Waals surface area contributed by atoms with Crippen LogP contribution in [0.2, 0.25) is 0 Å². The van der Waals surface area contributed by atoms with Gasteiger partial charge in [-0.15, -0.1) is 0 Å². The predicted molar refractivity (Wildman–Crippen MR) is 194 cm³/mol. The summed E-state index contributed by atoms with van der Waals surface area (Å²) in [6, 6.07) is 56.7. The number of hydrogen-bond acceptors (Lipinski definition) is 2. The Morgan fingerprint density at radius 2 is 0.894 bits per heavy atom. The number of nitrogens with zero attached hydrogens (tertiary/aromatic N) is 2. The van der Waals surface area contributed by atoms with Crippen LogP contribution in [0.5, 0.6) is 0 Å². The third-order valence-corrected chi connectivity index (χ3v) is 10.3. The lowest BCUT2D eigenvalue weighted by molar-refractivity contribution is 0.550. The van der Waals surface area contributed by atoms with Gasteiger partial charge >= 0.3 is 0 Å². The molecule has 0 radical (unpaired) electrons. The van der Waals surface area contributed by atoms with E-state index in [1.54, 1.807) is 0 Å². The van der Waals surface area contributed by atoms with Crippen molar-refractivity contribution < 1.29 is 0 Å². The van der Waals surface area contributed by atoms with Crippen molar-refractivity contribution in [3.8, 4) is 67.3 Å². The van der Waals surface area contributed by atoms with Gasteiger partial charge in [-0.2, -0.15) is 0 Å². The van der Waals surface area contributed by atoms with Crippen LogP contribution in [0.1, 0.15) is 36.8 Å². The quantitative estimate of drug-likeness (QED) is 0.196. The van der Waals surface area contributed by atoms with Crippen molar-refractivity contribution in [2.75, 3.05) is 0 Å². The number of hydrogen-bond donors (Lipinski definition) is 0. The Kier molecular flexibility index (Phi) is 6.67. The highest BCUT2D eigenvalue weighted by Crippen LogP contribution is 2.57. The topological polar surface area (TPSA) is 25.8 Å². The first-order valence-corrected chi connectivity index (χ1v) is 16.7. The maximum atomic E-state index is 5.22. The van der Waals surface area contributed by atoms with Gasteiger partial charge in [0.25, 0.3) is 0 Å². The van der Waals surface area contributed by atoms with E-state index >= 15 is 0 Å². The molecule has 1 saturated carbocycles. The molecule has 0 unspecified atom stereocenters. The normalized spacial score (nSPS) is 14.2. The van der Waals surface area contributed by atoms with E-state index in [0.717, 1.165) is 33.9 Å². The second-order valence-electron chi connectivity index (χ2n) is 12.9. The molecule has 47 heavy (non-hydrogen) atoms. The lowest BCUT2D eigenvalue weighted by atomic mass is 9.76. The van der Waals surface area contributed by atoms with Gasteiger partial charge in [-0.1, -0.05) is 158 Å². The average Bonchev–Trinajstić information content (AvgIpc) is 3.76. The van der Waals surface area contributed by atoms with Gasteiger partial charge < -0.3 is 0 Å².